The van der Waals surface area contributed by atoms with Gasteiger partial charge in [-0.1, -0.05) is 30.0 Å². The van der Waals surface area contributed by atoms with Crippen molar-refractivity contribution in [3.8, 4) is 17.2 Å². The Kier molecular flexibility index (Phi) is 6.13. The summed E-state index contributed by atoms with van der Waals surface area (Å²) in [6.07, 6.45) is 0. The highest BCUT2D eigenvalue weighted by Gasteiger charge is 2.22. The number of thioether (sulfide) groups is 1. The van der Waals surface area contributed by atoms with Gasteiger partial charge in [0, 0.05) is 18.3 Å². The standard InChI is InChI=1S/C20H21N3O3S/c1-4-25-17-12-10-15(11-13-17)18-21-22-20(26-18)27-14(2)19(24)23(3)16-8-6-5-7-9-16/h5-14H,4H2,1-3H3. The highest BCUT2D eigenvalue weighted by atomic mass is 32.2. The van der Waals surface area contributed by atoms with Gasteiger partial charge in [0.05, 0.1) is 11.9 Å². The van der Waals surface area contributed by atoms with E-state index in [0.29, 0.717) is 17.7 Å². The van der Waals surface area contributed by atoms with E-state index in [1.807, 2.05) is 68.4 Å². The Morgan fingerprint density at radius 2 is 1.85 bits per heavy atom. The Labute approximate surface area is 162 Å². The summed E-state index contributed by atoms with van der Waals surface area (Å²) in [5.74, 6) is 1.17. The lowest BCUT2D eigenvalue weighted by molar-refractivity contribution is -0.117. The molecule has 27 heavy (non-hydrogen) atoms. The molecule has 1 amide bonds. The number of para-hydroxylation sites is 1. The van der Waals surface area contributed by atoms with E-state index < -0.39 is 0 Å². The lowest BCUT2D eigenvalue weighted by atomic mass is 10.2. The highest BCUT2D eigenvalue weighted by Crippen LogP contribution is 2.28. The van der Waals surface area contributed by atoms with Crippen molar-refractivity contribution in [1.29, 1.82) is 0 Å². The molecule has 140 valence electrons. The van der Waals surface area contributed by atoms with Crippen molar-refractivity contribution in [2.24, 2.45) is 0 Å². The Hall–Kier alpha value is -2.80. The van der Waals surface area contributed by atoms with Gasteiger partial charge in [-0.3, -0.25) is 4.79 Å². The molecule has 3 aromatic rings. The van der Waals surface area contributed by atoms with Gasteiger partial charge >= 0.3 is 0 Å². The van der Waals surface area contributed by atoms with Gasteiger partial charge in [-0.25, -0.2) is 0 Å². The van der Waals surface area contributed by atoms with Crippen LogP contribution in [0, 0.1) is 0 Å². The maximum Gasteiger partial charge on any atom is 0.277 e. The molecule has 1 heterocycles. The summed E-state index contributed by atoms with van der Waals surface area (Å²) in [5, 5.41) is 8.13. The van der Waals surface area contributed by atoms with E-state index in [0.717, 1.165) is 17.0 Å². The van der Waals surface area contributed by atoms with E-state index in [4.69, 9.17) is 9.15 Å². The van der Waals surface area contributed by atoms with Gasteiger partial charge in [0.2, 0.25) is 11.8 Å². The molecule has 1 unspecified atom stereocenters. The lowest BCUT2D eigenvalue weighted by Crippen LogP contribution is -2.33. The second kappa shape index (κ2) is 8.73. The fourth-order valence-electron chi connectivity index (χ4n) is 2.49. The number of aromatic nitrogens is 2. The second-order valence-electron chi connectivity index (χ2n) is 5.82. The van der Waals surface area contributed by atoms with Gasteiger partial charge in [-0.2, -0.15) is 0 Å². The van der Waals surface area contributed by atoms with Crippen LogP contribution in [0.2, 0.25) is 0 Å². The van der Waals surface area contributed by atoms with E-state index >= 15 is 0 Å². The Balaban J connectivity index is 1.65. The normalized spacial score (nSPS) is 11.8. The monoisotopic (exact) mass is 383 g/mol. The summed E-state index contributed by atoms with van der Waals surface area (Å²) in [6.45, 7) is 4.38. The molecule has 0 saturated carbocycles. The molecular formula is C20H21N3O3S. The van der Waals surface area contributed by atoms with Gasteiger partial charge < -0.3 is 14.1 Å². The number of hydrogen-bond donors (Lipinski definition) is 0. The van der Waals surface area contributed by atoms with E-state index in [1.54, 1.807) is 11.9 Å². The Bertz CT molecular complexity index is 881. The predicted molar refractivity (Wildman–Crippen MR) is 106 cm³/mol. The average molecular weight is 383 g/mol. The molecule has 0 aliphatic rings. The van der Waals surface area contributed by atoms with Crippen molar-refractivity contribution in [3.63, 3.8) is 0 Å². The van der Waals surface area contributed by atoms with E-state index in [1.165, 1.54) is 11.8 Å². The summed E-state index contributed by atoms with van der Waals surface area (Å²) in [7, 11) is 1.76. The number of carbonyl (C=O) groups excluding carboxylic acids is 1. The zero-order valence-corrected chi connectivity index (χ0v) is 16.3. The molecule has 2 aromatic carbocycles. The molecule has 7 heteroatoms. The lowest BCUT2D eigenvalue weighted by Gasteiger charge is -2.20. The fraction of sp³-hybridized carbons (Fsp3) is 0.250. The zero-order chi connectivity index (χ0) is 19.2. The third-order valence-corrected chi connectivity index (χ3v) is 4.84. The minimum Gasteiger partial charge on any atom is -0.494 e. The number of hydrogen-bond acceptors (Lipinski definition) is 6. The molecule has 3 rings (SSSR count). The molecule has 0 radical (unpaired) electrons. The summed E-state index contributed by atoms with van der Waals surface area (Å²) < 4.78 is 11.1. The fourth-order valence-corrected chi connectivity index (χ4v) is 3.26. The third kappa shape index (κ3) is 4.68. The van der Waals surface area contributed by atoms with Crippen LogP contribution in [-0.2, 0) is 4.79 Å². The molecule has 1 atom stereocenters. The number of anilines is 1. The summed E-state index contributed by atoms with van der Waals surface area (Å²) in [6, 6.07) is 17.0. The first-order chi connectivity index (χ1) is 13.1. The maximum atomic E-state index is 12.6. The van der Waals surface area contributed by atoms with Crippen LogP contribution in [0.3, 0.4) is 0 Å². The van der Waals surface area contributed by atoms with Crippen LogP contribution in [0.1, 0.15) is 13.8 Å². The van der Waals surface area contributed by atoms with Gasteiger partial charge in [0.25, 0.3) is 5.22 Å². The van der Waals surface area contributed by atoms with Crippen molar-refractivity contribution in [2.75, 3.05) is 18.6 Å². The SMILES string of the molecule is CCOc1ccc(-c2nnc(SC(C)C(=O)N(C)c3ccccc3)o2)cc1. The summed E-state index contributed by atoms with van der Waals surface area (Å²) in [5.41, 5.74) is 1.65. The zero-order valence-electron chi connectivity index (χ0n) is 15.5. The molecule has 0 aliphatic heterocycles. The Morgan fingerprint density at radius 1 is 1.15 bits per heavy atom. The second-order valence-corrected chi connectivity index (χ2v) is 7.12. The number of nitrogens with zero attached hydrogens (tertiary/aromatic N) is 3. The maximum absolute atomic E-state index is 12.6. The summed E-state index contributed by atoms with van der Waals surface area (Å²) in [4.78, 5) is 14.3. The van der Waals surface area contributed by atoms with Crippen LogP contribution < -0.4 is 9.64 Å². The Morgan fingerprint density at radius 3 is 2.52 bits per heavy atom. The van der Waals surface area contributed by atoms with Crippen LogP contribution in [0.4, 0.5) is 5.69 Å². The molecule has 1 aromatic heterocycles. The van der Waals surface area contributed by atoms with Crippen LogP contribution >= 0.6 is 11.8 Å². The molecule has 0 saturated heterocycles. The average Bonchev–Trinajstić information content (AvgIpc) is 3.16. The molecule has 0 aliphatic carbocycles. The number of amides is 1. The molecule has 0 fully saturated rings. The minimum absolute atomic E-state index is 0.0352. The number of ether oxygens (including phenoxy) is 1. The van der Waals surface area contributed by atoms with E-state index in [2.05, 4.69) is 10.2 Å². The van der Waals surface area contributed by atoms with Gasteiger partial charge in [0.1, 0.15) is 5.75 Å². The van der Waals surface area contributed by atoms with Gasteiger partial charge in [0.15, 0.2) is 0 Å². The molecular weight excluding hydrogens is 362 g/mol. The van der Waals surface area contributed by atoms with Gasteiger partial charge in [-0.05, 0) is 50.2 Å². The topological polar surface area (TPSA) is 68.5 Å². The first kappa shape index (κ1) is 19.0. The van der Waals surface area contributed by atoms with Crippen molar-refractivity contribution in [2.45, 2.75) is 24.3 Å². The first-order valence-corrected chi connectivity index (χ1v) is 9.52. The highest BCUT2D eigenvalue weighted by molar-refractivity contribution is 8.00. The van der Waals surface area contributed by atoms with Crippen molar-refractivity contribution < 1.29 is 13.9 Å². The van der Waals surface area contributed by atoms with Gasteiger partial charge in [-0.15, -0.1) is 10.2 Å². The molecule has 0 N–H and O–H groups in total. The van der Waals surface area contributed by atoms with Crippen molar-refractivity contribution >= 4 is 23.4 Å². The summed E-state index contributed by atoms with van der Waals surface area (Å²) >= 11 is 1.25. The van der Waals surface area contributed by atoms with Crippen LogP contribution in [0.15, 0.2) is 64.2 Å². The van der Waals surface area contributed by atoms with Crippen LogP contribution in [0.5, 0.6) is 5.75 Å². The van der Waals surface area contributed by atoms with Crippen LogP contribution in [-0.4, -0.2) is 35.0 Å². The first-order valence-electron chi connectivity index (χ1n) is 8.64. The van der Waals surface area contributed by atoms with E-state index in [-0.39, 0.29) is 11.2 Å². The third-order valence-electron chi connectivity index (χ3n) is 3.92. The van der Waals surface area contributed by atoms with E-state index in [9.17, 15) is 4.79 Å². The van der Waals surface area contributed by atoms with Crippen LogP contribution in [0.25, 0.3) is 11.5 Å². The number of benzene rings is 2. The smallest absolute Gasteiger partial charge is 0.277 e. The molecule has 0 spiro atoms. The number of rotatable bonds is 7. The largest absolute Gasteiger partial charge is 0.494 e. The van der Waals surface area contributed by atoms with Crippen molar-refractivity contribution in [3.05, 3.63) is 54.6 Å². The molecule has 0 bridgehead atoms. The minimum atomic E-state index is -0.358. The quantitative estimate of drug-likeness (QED) is 0.567. The molecule has 6 nitrogen and oxygen atoms in total. The van der Waals surface area contributed by atoms with Crippen molar-refractivity contribution in [1.82, 2.24) is 10.2 Å². The number of carbonyl (C=O) groups is 1. The predicted octanol–water partition coefficient (Wildman–Crippen LogP) is 4.28.